The van der Waals surface area contributed by atoms with Gasteiger partial charge in [-0.25, -0.2) is 0 Å². The average Bonchev–Trinajstić information content (AvgIpc) is 2.62. The van der Waals surface area contributed by atoms with Crippen molar-refractivity contribution < 1.29 is 14.3 Å². The van der Waals surface area contributed by atoms with Gasteiger partial charge in [-0.3, -0.25) is 9.59 Å². The second-order valence-electron chi connectivity index (χ2n) is 6.88. The second-order valence-corrected chi connectivity index (χ2v) is 6.88. The highest BCUT2D eigenvalue weighted by Gasteiger charge is 2.27. The Morgan fingerprint density at radius 2 is 1.96 bits per heavy atom. The molecule has 0 saturated heterocycles. The number of para-hydroxylation sites is 1. The molecule has 3 unspecified atom stereocenters. The van der Waals surface area contributed by atoms with Crippen LogP contribution in [0.25, 0.3) is 0 Å². The van der Waals surface area contributed by atoms with Gasteiger partial charge in [-0.1, -0.05) is 31.0 Å². The first-order valence-electron chi connectivity index (χ1n) is 9.53. The van der Waals surface area contributed by atoms with Crippen LogP contribution in [0.2, 0.25) is 0 Å². The van der Waals surface area contributed by atoms with Crippen molar-refractivity contribution in [2.75, 3.05) is 13.2 Å². The molecule has 152 valence electrons. The molecule has 2 amide bonds. The Bertz CT molecular complexity index is 612. The second kappa shape index (κ2) is 11.8. The minimum absolute atomic E-state index is 0. The number of carbonyl (C=O) groups is 2. The molecule has 4 N–H and O–H groups in total. The summed E-state index contributed by atoms with van der Waals surface area (Å²) in [5.74, 6) is 0.786. The van der Waals surface area contributed by atoms with Crippen molar-refractivity contribution in [1.82, 2.24) is 10.6 Å². The smallest absolute Gasteiger partial charge is 0.222 e. The van der Waals surface area contributed by atoms with Crippen molar-refractivity contribution >= 4 is 24.2 Å². The van der Waals surface area contributed by atoms with Crippen molar-refractivity contribution in [3.8, 4) is 5.75 Å². The van der Waals surface area contributed by atoms with Crippen LogP contribution in [-0.2, 0) is 9.59 Å². The molecule has 1 aliphatic carbocycles. The molecule has 1 aliphatic rings. The molecule has 2 rings (SSSR count). The molecular formula is C20H32ClN3O3. The quantitative estimate of drug-likeness (QED) is 0.628. The van der Waals surface area contributed by atoms with Crippen molar-refractivity contribution in [2.45, 2.75) is 58.0 Å². The number of ether oxygens (including phenoxy) is 1. The van der Waals surface area contributed by atoms with E-state index in [-0.39, 0.29) is 36.7 Å². The average molecular weight is 398 g/mol. The molecule has 1 saturated carbocycles. The van der Waals surface area contributed by atoms with Gasteiger partial charge in [0.05, 0.1) is 19.1 Å². The van der Waals surface area contributed by atoms with E-state index in [4.69, 9.17) is 10.5 Å². The zero-order chi connectivity index (χ0) is 18.9. The van der Waals surface area contributed by atoms with Gasteiger partial charge in [-0.2, -0.15) is 0 Å². The van der Waals surface area contributed by atoms with E-state index in [1.165, 1.54) is 13.3 Å². The van der Waals surface area contributed by atoms with Gasteiger partial charge in [0.25, 0.3) is 0 Å². The van der Waals surface area contributed by atoms with E-state index in [2.05, 4.69) is 10.6 Å². The number of nitrogens with two attached hydrogens (primary N) is 1. The first kappa shape index (κ1) is 23.2. The van der Waals surface area contributed by atoms with Gasteiger partial charge in [-0.15, -0.1) is 12.4 Å². The largest absolute Gasteiger partial charge is 0.494 e. The molecule has 6 nitrogen and oxygen atoms in total. The molecular weight excluding hydrogens is 366 g/mol. The fourth-order valence-electron chi connectivity index (χ4n) is 3.67. The summed E-state index contributed by atoms with van der Waals surface area (Å²) < 4.78 is 5.67. The summed E-state index contributed by atoms with van der Waals surface area (Å²) in [7, 11) is 0. The number of amides is 2. The summed E-state index contributed by atoms with van der Waals surface area (Å²) in [6.07, 6.45) is 4.49. The third kappa shape index (κ3) is 7.03. The van der Waals surface area contributed by atoms with E-state index in [9.17, 15) is 9.59 Å². The third-order valence-electron chi connectivity index (χ3n) is 4.92. The Labute approximate surface area is 168 Å². The standard InChI is InChI=1S/C20H31N3O3.ClH/c1-3-26-19-11-7-5-9-16(19)18(22-14(2)24)12-20(25)23-17-10-6-4-8-15(17)13-21;/h5,7,9,11,15,17-18H,3-4,6,8,10,12-13,21H2,1-2H3,(H,22,24)(H,23,25);1H. The van der Waals surface area contributed by atoms with Crippen LogP contribution in [0.4, 0.5) is 0 Å². The number of benzene rings is 1. The minimum atomic E-state index is -0.421. The maximum absolute atomic E-state index is 12.7. The van der Waals surface area contributed by atoms with Crippen LogP contribution in [0.5, 0.6) is 5.75 Å². The van der Waals surface area contributed by atoms with Crippen LogP contribution in [0.15, 0.2) is 24.3 Å². The Balaban J connectivity index is 0.00000364. The van der Waals surface area contributed by atoms with E-state index in [1.54, 1.807) is 0 Å². The van der Waals surface area contributed by atoms with Crippen LogP contribution in [-0.4, -0.2) is 31.0 Å². The lowest BCUT2D eigenvalue weighted by Gasteiger charge is -2.32. The molecule has 0 aliphatic heterocycles. The summed E-state index contributed by atoms with van der Waals surface area (Å²) in [6.45, 7) is 4.48. The fraction of sp³-hybridized carbons (Fsp3) is 0.600. The fourth-order valence-corrected chi connectivity index (χ4v) is 3.67. The van der Waals surface area contributed by atoms with Gasteiger partial charge in [-0.05, 0) is 38.3 Å². The zero-order valence-corrected chi connectivity index (χ0v) is 17.0. The molecule has 1 aromatic carbocycles. The Kier molecular flexibility index (Phi) is 10.2. The molecule has 3 atom stereocenters. The minimum Gasteiger partial charge on any atom is -0.494 e. The molecule has 0 heterocycles. The number of carbonyl (C=O) groups excluding carboxylic acids is 2. The maximum Gasteiger partial charge on any atom is 0.222 e. The molecule has 1 fully saturated rings. The van der Waals surface area contributed by atoms with Gasteiger partial charge in [0.15, 0.2) is 0 Å². The van der Waals surface area contributed by atoms with E-state index < -0.39 is 6.04 Å². The zero-order valence-electron chi connectivity index (χ0n) is 16.2. The third-order valence-corrected chi connectivity index (χ3v) is 4.92. The lowest BCUT2D eigenvalue weighted by Crippen LogP contribution is -2.45. The molecule has 0 spiro atoms. The lowest BCUT2D eigenvalue weighted by molar-refractivity contribution is -0.123. The van der Waals surface area contributed by atoms with Crippen LogP contribution in [0.1, 0.15) is 57.6 Å². The first-order valence-corrected chi connectivity index (χ1v) is 9.53. The van der Waals surface area contributed by atoms with Gasteiger partial charge < -0.3 is 21.1 Å². The molecule has 1 aromatic rings. The molecule has 27 heavy (non-hydrogen) atoms. The number of hydrogen-bond donors (Lipinski definition) is 3. The summed E-state index contributed by atoms with van der Waals surface area (Å²) >= 11 is 0. The highest BCUT2D eigenvalue weighted by molar-refractivity contribution is 5.85. The van der Waals surface area contributed by atoms with E-state index in [0.717, 1.165) is 24.8 Å². The number of halogens is 1. The summed E-state index contributed by atoms with van der Waals surface area (Å²) in [5.41, 5.74) is 6.67. The predicted molar refractivity (Wildman–Crippen MR) is 109 cm³/mol. The van der Waals surface area contributed by atoms with Gasteiger partial charge in [0.1, 0.15) is 5.75 Å². The lowest BCUT2D eigenvalue weighted by atomic mass is 9.84. The van der Waals surface area contributed by atoms with Gasteiger partial charge in [0, 0.05) is 18.5 Å². The first-order chi connectivity index (χ1) is 12.5. The topological polar surface area (TPSA) is 93.4 Å². The normalized spacial score (nSPS) is 20.1. The van der Waals surface area contributed by atoms with E-state index >= 15 is 0 Å². The predicted octanol–water partition coefficient (Wildman–Crippen LogP) is 2.71. The van der Waals surface area contributed by atoms with Crippen molar-refractivity contribution in [1.29, 1.82) is 0 Å². The number of rotatable bonds is 8. The van der Waals surface area contributed by atoms with Gasteiger partial charge in [0.2, 0.25) is 11.8 Å². The Morgan fingerprint density at radius 1 is 1.26 bits per heavy atom. The van der Waals surface area contributed by atoms with Crippen molar-refractivity contribution in [3.63, 3.8) is 0 Å². The van der Waals surface area contributed by atoms with Crippen LogP contribution in [0, 0.1) is 5.92 Å². The Hall–Kier alpha value is -1.79. The summed E-state index contributed by atoms with van der Waals surface area (Å²) in [6, 6.07) is 7.22. The monoisotopic (exact) mass is 397 g/mol. The molecule has 0 radical (unpaired) electrons. The van der Waals surface area contributed by atoms with Crippen LogP contribution >= 0.6 is 12.4 Å². The van der Waals surface area contributed by atoms with Crippen LogP contribution < -0.4 is 21.1 Å². The highest BCUT2D eigenvalue weighted by Crippen LogP contribution is 2.28. The highest BCUT2D eigenvalue weighted by atomic mass is 35.5. The summed E-state index contributed by atoms with van der Waals surface area (Å²) in [4.78, 5) is 24.3. The number of hydrogen-bond acceptors (Lipinski definition) is 4. The van der Waals surface area contributed by atoms with Crippen molar-refractivity contribution in [3.05, 3.63) is 29.8 Å². The van der Waals surface area contributed by atoms with E-state index in [0.29, 0.717) is 24.8 Å². The van der Waals surface area contributed by atoms with Gasteiger partial charge >= 0.3 is 0 Å². The molecule has 0 aromatic heterocycles. The molecule has 0 bridgehead atoms. The van der Waals surface area contributed by atoms with E-state index in [1.807, 2.05) is 31.2 Å². The SMILES string of the molecule is CCOc1ccccc1C(CC(=O)NC1CCCCC1CN)NC(C)=O.Cl. The molecule has 7 heteroatoms. The Morgan fingerprint density at radius 3 is 2.63 bits per heavy atom. The van der Waals surface area contributed by atoms with Crippen molar-refractivity contribution in [2.24, 2.45) is 11.7 Å². The summed E-state index contributed by atoms with van der Waals surface area (Å²) in [5, 5.41) is 6.02. The maximum atomic E-state index is 12.7. The number of nitrogens with one attached hydrogen (secondary N) is 2. The van der Waals surface area contributed by atoms with Crippen LogP contribution in [0.3, 0.4) is 0 Å².